The van der Waals surface area contributed by atoms with E-state index in [2.05, 4.69) is 5.32 Å². The molecule has 17 heavy (non-hydrogen) atoms. The molecule has 0 aliphatic carbocycles. The van der Waals surface area contributed by atoms with Gasteiger partial charge in [0.25, 0.3) is 0 Å². The molecule has 0 spiro atoms. The molecular weight excluding hydrogens is 260 g/mol. The number of thiophene rings is 1. The number of hydrogen-bond acceptors (Lipinski definition) is 3. The lowest BCUT2D eigenvalue weighted by Crippen LogP contribution is -2.37. The normalized spacial score (nSPS) is 23.8. The maximum Gasteiger partial charge on any atom is 0.226 e. The number of amides is 2. The van der Waals surface area contributed by atoms with Crippen molar-refractivity contribution in [2.75, 3.05) is 5.32 Å². The molecule has 2 amide bonds. The van der Waals surface area contributed by atoms with Crippen LogP contribution in [0.15, 0.2) is 5.38 Å². The van der Waals surface area contributed by atoms with Crippen molar-refractivity contribution in [3.05, 3.63) is 15.3 Å². The highest BCUT2D eigenvalue weighted by Crippen LogP contribution is 2.36. The largest absolute Gasteiger partial charge is 0.335 e. The van der Waals surface area contributed by atoms with Gasteiger partial charge in [-0.2, -0.15) is 0 Å². The standard InChI is InChI=1S/C11H11ClN2O2S/c12-11-7-4-14-6(1-2-10(14)16)3-9(15)13-8(7)5-17-11/h5-6H,1-4H2,(H,13,15). The highest BCUT2D eigenvalue weighted by Gasteiger charge is 2.35. The molecule has 1 fully saturated rings. The van der Waals surface area contributed by atoms with Crippen LogP contribution in [-0.2, 0) is 16.1 Å². The molecule has 2 aliphatic heterocycles. The van der Waals surface area contributed by atoms with Gasteiger partial charge < -0.3 is 10.2 Å². The van der Waals surface area contributed by atoms with E-state index in [4.69, 9.17) is 11.6 Å². The van der Waals surface area contributed by atoms with Crippen LogP contribution in [0.4, 0.5) is 5.69 Å². The number of carbonyl (C=O) groups excluding carboxylic acids is 2. The molecule has 1 saturated heterocycles. The molecule has 1 aromatic rings. The molecule has 2 aliphatic rings. The van der Waals surface area contributed by atoms with Crippen molar-refractivity contribution < 1.29 is 9.59 Å². The van der Waals surface area contributed by atoms with Crippen molar-refractivity contribution >= 4 is 40.4 Å². The van der Waals surface area contributed by atoms with E-state index in [0.717, 1.165) is 17.7 Å². The number of nitrogens with one attached hydrogen (secondary N) is 1. The topological polar surface area (TPSA) is 49.4 Å². The molecule has 0 bridgehead atoms. The second kappa shape index (κ2) is 3.99. The Bertz CT molecular complexity index is 500. The fraction of sp³-hybridized carbons (Fsp3) is 0.455. The predicted molar refractivity (Wildman–Crippen MR) is 66.1 cm³/mol. The summed E-state index contributed by atoms with van der Waals surface area (Å²) in [5, 5.41) is 4.69. The Morgan fingerprint density at radius 1 is 1.47 bits per heavy atom. The van der Waals surface area contributed by atoms with Crippen molar-refractivity contribution in [1.82, 2.24) is 4.90 Å². The minimum Gasteiger partial charge on any atom is -0.335 e. The summed E-state index contributed by atoms with van der Waals surface area (Å²) in [5.74, 6) is 0.0861. The van der Waals surface area contributed by atoms with Gasteiger partial charge in [-0.1, -0.05) is 11.6 Å². The van der Waals surface area contributed by atoms with E-state index in [9.17, 15) is 9.59 Å². The van der Waals surface area contributed by atoms with Crippen LogP contribution in [0.3, 0.4) is 0 Å². The lowest BCUT2D eigenvalue weighted by Gasteiger charge is -2.27. The van der Waals surface area contributed by atoms with Gasteiger partial charge in [-0.25, -0.2) is 0 Å². The van der Waals surface area contributed by atoms with Gasteiger partial charge in [0.15, 0.2) is 0 Å². The van der Waals surface area contributed by atoms with Crippen LogP contribution >= 0.6 is 22.9 Å². The third-order valence-corrected chi connectivity index (χ3v) is 4.62. The van der Waals surface area contributed by atoms with E-state index in [1.54, 1.807) is 4.90 Å². The Labute approximate surface area is 108 Å². The number of anilines is 1. The molecule has 0 saturated carbocycles. The minimum absolute atomic E-state index is 0.0339. The molecule has 1 atom stereocenters. The molecule has 0 aromatic carbocycles. The summed E-state index contributed by atoms with van der Waals surface area (Å²) < 4.78 is 0.653. The summed E-state index contributed by atoms with van der Waals surface area (Å²) in [6.45, 7) is 0.515. The first kappa shape index (κ1) is 11.0. The zero-order valence-corrected chi connectivity index (χ0v) is 10.6. The Morgan fingerprint density at radius 2 is 2.29 bits per heavy atom. The quantitative estimate of drug-likeness (QED) is 0.786. The van der Waals surface area contributed by atoms with E-state index in [1.807, 2.05) is 5.38 Å². The van der Waals surface area contributed by atoms with Crippen LogP contribution in [0, 0.1) is 0 Å². The summed E-state index contributed by atoms with van der Waals surface area (Å²) in [4.78, 5) is 25.3. The van der Waals surface area contributed by atoms with E-state index in [-0.39, 0.29) is 17.9 Å². The van der Waals surface area contributed by atoms with Crippen LogP contribution in [0.2, 0.25) is 4.34 Å². The van der Waals surface area contributed by atoms with Crippen LogP contribution in [0.25, 0.3) is 0 Å². The van der Waals surface area contributed by atoms with Crippen molar-refractivity contribution in [3.63, 3.8) is 0 Å². The summed E-state index contributed by atoms with van der Waals surface area (Å²) in [6, 6.07) is 0.0339. The smallest absolute Gasteiger partial charge is 0.226 e. The molecule has 3 rings (SSSR count). The molecule has 4 nitrogen and oxygen atoms in total. The van der Waals surface area contributed by atoms with E-state index >= 15 is 0 Å². The predicted octanol–water partition coefficient (Wildman–Crippen LogP) is 2.23. The van der Waals surface area contributed by atoms with Gasteiger partial charge in [-0.05, 0) is 6.42 Å². The third kappa shape index (κ3) is 1.83. The highest BCUT2D eigenvalue weighted by atomic mass is 35.5. The molecule has 0 radical (unpaired) electrons. The monoisotopic (exact) mass is 270 g/mol. The zero-order chi connectivity index (χ0) is 12.0. The first-order chi connectivity index (χ1) is 8.15. The first-order valence-corrected chi connectivity index (χ1v) is 6.76. The Kier molecular flexibility index (Phi) is 2.60. The highest BCUT2D eigenvalue weighted by molar-refractivity contribution is 7.15. The van der Waals surface area contributed by atoms with E-state index in [1.165, 1.54) is 11.3 Å². The number of fused-ring (bicyclic) bond motifs is 2. The number of carbonyl (C=O) groups is 2. The summed E-state index contributed by atoms with van der Waals surface area (Å²) in [5.41, 5.74) is 1.62. The van der Waals surface area contributed by atoms with Crippen LogP contribution in [0.5, 0.6) is 0 Å². The fourth-order valence-corrected chi connectivity index (χ4v) is 3.45. The van der Waals surface area contributed by atoms with Crippen LogP contribution in [-0.4, -0.2) is 22.8 Å². The number of halogens is 1. The second-order valence-corrected chi connectivity index (χ2v) is 5.85. The van der Waals surface area contributed by atoms with Crippen molar-refractivity contribution in [3.8, 4) is 0 Å². The Hall–Kier alpha value is -1.07. The van der Waals surface area contributed by atoms with E-state index in [0.29, 0.717) is 23.7 Å². The van der Waals surface area contributed by atoms with Crippen molar-refractivity contribution in [2.24, 2.45) is 0 Å². The number of nitrogens with zero attached hydrogens (tertiary/aromatic N) is 1. The first-order valence-electron chi connectivity index (χ1n) is 5.50. The summed E-state index contributed by atoms with van der Waals surface area (Å²) >= 11 is 7.49. The third-order valence-electron chi connectivity index (χ3n) is 3.32. The zero-order valence-electron chi connectivity index (χ0n) is 9.03. The van der Waals surface area contributed by atoms with Gasteiger partial charge in [0.2, 0.25) is 11.8 Å². The van der Waals surface area contributed by atoms with Gasteiger partial charge in [-0.15, -0.1) is 11.3 Å². The number of hydrogen-bond donors (Lipinski definition) is 1. The Morgan fingerprint density at radius 3 is 3.12 bits per heavy atom. The molecule has 3 heterocycles. The van der Waals surface area contributed by atoms with Crippen molar-refractivity contribution in [2.45, 2.75) is 31.8 Å². The van der Waals surface area contributed by atoms with Gasteiger partial charge in [0, 0.05) is 29.8 Å². The average molecular weight is 271 g/mol. The fourth-order valence-electron chi connectivity index (χ4n) is 2.42. The average Bonchev–Trinajstić information content (AvgIpc) is 2.75. The Balaban J connectivity index is 2.01. The maximum absolute atomic E-state index is 11.8. The van der Waals surface area contributed by atoms with Gasteiger partial charge in [0.05, 0.1) is 16.6 Å². The lowest BCUT2D eigenvalue weighted by molar-refractivity contribution is -0.130. The summed E-state index contributed by atoms with van der Waals surface area (Å²) in [6.07, 6.45) is 1.69. The van der Waals surface area contributed by atoms with Crippen molar-refractivity contribution in [1.29, 1.82) is 0 Å². The SMILES string of the molecule is O=C1CC2CCC(=O)N2Cc2c(csc2Cl)N1. The maximum atomic E-state index is 11.8. The molecule has 6 heteroatoms. The van der Waals surface area contributed by atoms with E-state index < -0.39 is 0 Å². The molecule has 1 N–H and O–H groups in total. The lowest BCUT2D eigenvalue weighted by atomic mass is 10.1. The second-order valence-electron chi connectivity index (χ2n) is 4.37. The van der Waals surface area contributed by atoms with Crippen LogP contribution < -0.4 is 5.32 Å². The van der Waals surface area contributed by atoms with Crippen LogP contribution in [0.1, 0.15) is 24.8 Å². The summed E-state index contributed by atoms with van der Waals surface area (Å²) in [7, 11) is 0. The molecular formula is C11H11ClN2O2S. The number of rotatable bonds is 0. The minimum atomic E-state index is -0.0369. The molecule has 1 aromatic heterocycles. The van der Waals surface area contributed by atoms with Gasteiger partial charge >= 0.3 is 0 Å². The molecule has 1 unspecified atom stereocenters. The molecule has 90 valence electrons. The van der Waals surface area contributed by atoms with Gasteiger partial charge in [0.1, 0.15) is 0 Å². The van der Waals surface area contributed by atoms with Gasteiger partial charge in [-0.3, -0.25) is 9.59 Å².